The van der Waals surface area contributed by atoms with Crippen LogP contribution in [0.2, 0.25) is 0 Å². The Kier molecular flexibility index (Phi) is 4.09. The molecule has 0 saturated heterocycles. The van der Waals surface area contributed by atoms with E-state index in [1.54, 1.807) is 6.07 Å². The Morgan fingerprint density at radius 1 is 1.53 bits per heavy atom. The first kappa shape index (κ1) is 11.5. The molecule has 0 radical (unpaired) electrons. The van der Waals surface area contributed by atoms with E-state index >= 15 is 0 Å². The molecule has 0 fully saturated rings. The van der Waals surface area contributed by atoms with Crippen LogP contribution in [0.3, 0.4) is 0 Å². The summed E-state index contributed by atoms with van der Waals surface area (Å²) in [6, 6.07) is 4.92. The minimum atomic E-state index is -0.315. The van der Waals surface area contributed by atoms with Crippen molar-refractivity contribution in [2.75, 3.05) is 11.9 Å². The zero-order chi connectivity index (χ0) is 11.3. The fourth-order valence-corrected chi connectivity index (χ4v) is 1.13. The van der Waals surface area contributed by atoms with Gasteiger partial charge in [-0.25, -0.2) is 4.39 Å². The summed E-state index contributed by atoms with van der Waals surface area (Å²) >= 11 is 0. The third-order valence-electron chi connectivity index (χ3n) is 1.89. The van der Waals surface area contributed by atoms with Crippen molar-refractivity contribution < 1.29 is 4.39 Å². The zero-order valence-electron chi connectivity index (χ0n) is 9.05. The summed E-state index contributed by atoms with van der Waals surface area (Å²) in [7, 11) is 0. The molecule has 0 unspecified atom stereocenters. The third kappa shape index (κ3) is 3.58. The highest BCUT2D eigenvalue weighted by atomic mass is 19.1. The Bertz CT molecular complexity index is 361. The summed E-state index contributed by atoms with van der Waals surface area (Å²) < 4.78 is 13.4. The number of nitrogens with zero attached hydrogens (tertiary/aromatic N) is 1. The molecule has 0 aliphatic rings. The molecule has 0 amide bonds. The van der Waals surface area contributed by atoms with Crippen molar-refractivity contribution in [1.29, 1.82) is 0 Å². The molecule has 0 aromatic heterocycles. The minimum absolute atomic E-state index is 0.250. The molecule has 0 atom stereocenters. The van der Waals surface area contributed by atoms with Gasteiger partial charge in [-0.05, 0) is 31.0 Å². The van der Waals surface area contributed by atoms with Gasteiger partial charge >= 0.3 is 0 Å². The molecular weight excluding hydrogens is 193 g/mol. The van der Waals surface area contributed by atoms with Gasteiger partial charge in [0.25, 0.3) is 0 Å². The Morgan fingerprint density at radius 2 is 2.27 bits per heavy atom. The van der Waals surface area contributed by atoms with Gasteiger partial charge in [0.15, 0.2) is 5.96 Å². The fraction of sp³-hybridized carbons (Fsp3) is 0.364. The van der Waals surface area contributed by atoms with E-state index in [1.165, 1.54) is 6.07 Å². The molecule has 1 rings (SSSR count). The number of nitrogens with two attached hydrogens (primary N) is 1. The molecule has 0 heterocycles. The normalized spacial score (nSPS) is 11.5. The summed E-state index contributed by atoms with van der Waals surface area (Å²) in [5.41, 5.74) is 6.81. The largest absolute Gasteiger partial charge is 0.370 e. The maximum absolute atomic E-state index is 13.4. The molecule has 4 heteroatoms. The molecule has 0 saturated carbocycles. The molecule has 3 N–H and O–H groups in total. The van der Waals surface area contributed by atoms with Crippen molar-refractivity contribution in [3.8, 4) is 0 Å². The van der Waals surface area contributed by atoms with E-state index in [0.29, 0.717) is 12.2 Å². The zero-order valence-corrected chi connectivity index (χ0v) is 9.05. The predicted octanol–water partition coefficient (Wildman–Crippen LogP) is 2.27. The number of anilines is 1. The van der Waals surface area contributed by atoms with Crippen LogP contribution in [0.15, 0.2) is 23.2 Å². The number of halogens is 1. The van der Waals surface area contributed by atoms with E-state index in [-0.39, 0.29) is 11.8 Å². The molecule has 82 valence electrons. The molecule has 0 bridgehead atoms. The van der Waals surface area contributed by atoms with Crippen LogP contribution < -0.4 is 11.1 Å². The van der Waals surface area contributed by atoms with E-state index in [0.717, 1.165) is 12.0 Å². The lowest BCUT2D eigenvalue weighted by atomic mass is 10.2. The van der Waals surface area contributed by atoms with Crippen LogP contribution in [0.4, 0.5) is 10.1 Å². The number of guanidine groups is 1. The second-order valence-corrected chi connectivity index (χ2v) is 3.38. The summed E-state index contributed by atoms with van der Waals surface area (Å²) in [5, 5.41) is 2.72. The van der Waals surface area contributed by atoms with Crippen LogP contribution in [0.25, 0.3) is 0 Å². The first-order chi connectivity index (χ1) is 7.13. The Morgan fingerprint density at radius 3 is 2.87 bits per heavy atom. The highest BCUT2D eigenvalue weighted by Gasteiger charge is 2.02. The quantitative estimate of drug-likeness (QED) is 0.592. The highest BCUT2D eigenvalue weighted by Crippen LogP contribution is 2.14. The smallest absolute Gasteiger partial charge is 0.193 e. The maximum atomic E-state index is 13.4. The van der Waals surface area contributed by atoms with E-state index in [2.05, 4.69) is 10.3 Å². The summed E-state index contributed by atoms with van der Waals surface area (Å²) in [6.45, 7) is 4.48. The fourth-order valence-electron chi connectivity index (χ4n) is 1.13. The molecule has 3 nitrogen and oxygen atoms in total. The SMILES string of the molecule is CCCN=C(N)Nc1ccc(C)cc1F. The topological polar surface area (TPSA) is 50.4 Å². The second kappa shape index (κ2) is 5.34. The van der Waals surface area contributed by atoms with Crippen molar-refractivity contribution in [3.05, 3.63) is 29.6 Å². The van der Waals surface area contributed by atoms with Gasteiger partial charge in [0.05, 0.1) is 5.69 Å². The molecule has 1 aromatic carbocycles. The average Bonchev–Trinajstić information content (AvgIpc) is 2.19. The maximum Gasteiger partial charge on any atom is 0.193 e. The lowest BCUT2D eigenvalue weighted by Crippen LogP contribution is -2.23. The van der Waals surface area contributed by atoms with Crippen molar-refractivity contribution in [2.24, 2.45) is 10.7 Å². The first-order valence-electron chi connectivity index (χ1n) is 4.96. The summed E-state index contributed by atoms with van der Waals surface area (Å²) in [5.74, 6) is -0.0655. The molecule has 0 spiro atoms. The number of hydrogen-bond donors (Lipinski definition) is 2. The molecule has 0 aliphatic carbocycles. The highest BCUT2D eigenvalue weighted by molar-refractivity contribution is 5.92. The average molecular weight is 209 g/mol. The van der Waals surface area contributed by atoms with Crippen molar-refractivity contribution in [2.45, 2.75) is 20.3 Å². The third-order valence-corrected chi connectivity index (χ3v) is 1.89. The van der Waals surface area contributed by atoms with Crippen molar-refractivity contribution >= 4 is 11.6 Å². The van der Waals surface area contributed by atoms with E-state index < -0.39 is 0 Å². The van der Waals surface area contributed by atoms with Gasteiger partial charge in [-0.15, -0.1) is 0 Å². The molecule has 1 aromatic rings. The summed E-state index contributed by atoms with van der Waals surface area (Å²) in [4.78, 5) is 4.02. The van der Waals surface area contributed by atoms with Gasteiger partial charge in [-0.2, -0.15) is 0 Å². The number of benzene rings is 1. The van der Waals surface area contributed by atoms with Crippen LogP contribution in [-0.4, -0.2) is 12.5 Å². The molecular formula is C11H16FN3. The number of aliphatic imine (C=N–C) groups is 1. The van der Waals surface area contributed by atoms with Crippen LogP contribution >= 0.6 is 0 Å². The van der Waals surface area contributed by atoms with Gasteiger partial charge in [0, 0.05) is 6.54 Å². The Labute approximate surface area is 89.2 Å². The first-order valence-corrected chi connectivity index (χ1v) is 4.96. The van der Waals surface area contributed by atoms with Crippen LogP contribution in [0, 0.1) is 12.7 Å². The van der Waals surface area contributed by atoms with Crippen LogP contribution in [-0.2, 0) is 0 Å². The van der Waals surface area contributed by atoms with Crippen LogP contribution in [0.5, 0.6) is 0 Å². The lowest BCUT2D eigenvalue weighted by molar-refractivity contribution is 0.631. The lowest BCUT2D eigenvalue weighted by Gasteiger charge is -2.06. The monoisotopic (exact) mass is 209 g/mol. The van der Waals surface area contributed by atoms with Gasteiger partial charge in [0.2, 0.25) is 0 Å². The van der Waals surface area contributed by atoms with E-state index in [1.807, 2.05) is 19.9 Å². The van der Waals surface area contributed by atoms with Crippen LogP contribution in [0.1, 0.15) is 18.9 Å². The van der Waals surface area contributed by atoms with Gasteiger partial charge in [-0.1, -0.05) is 13.0 Å². The molecule has 0 aliphatic heterocycles. The van der Waals surface area contributed by atoms with E-state index in [9.17, 15) is 4.39 Å². The second-order valence-electron chi connectivity index (χ2n) is 3.38. The number of hydrogen-bond acceptors (Lipinski definition) is 1. The number of rotatable bonds is 3. The Hall–Kier alpha value is -1.58. The van der Waals surface area contributed by atoms with Gasteiger partial charge in [0.1, 0.15) is 5.82 Å². The minimum Gasteiger partial charge on any atom is -0.370 e. The van der Waals surface area contributed by atoms with Gasteiger partial charge in [-0.3, -0.25) is 4.99 Å². The summed E-state index contributed by atoms with van der Waals surface area (Å²) in [6.07, 6.45) is 0.915. The standard InChI is InChI=1S/C11H16FN3/c1-3-6-14-11(13)15-10-5-4-8(2)7-9(10)12/h4-5,7H,3,6H2,1-2H3,(H3,13,14,15). The van der Waals surface area contributed by atoms with E-state index in [4.69, 9.17) is 5.73 Å². The number of nitrogens with one attached hydrogen (secondary N) is 1. The van der Waals surface area contributed by atoms with Crippen molar-refractivity contribution in [1.82, 2.24) is 0 Å². The van der Waals surface area contributed by atoms with Gasteiger partial charge < -0.3 is 11.1 Å². The molecule has 15 heavy (non-hydrogen) atoms. The number of aryl methyl sites for hydroxylation is 1. The Balaban J connectivity index is 2.72. The predicted molar refractivity (Wildman–Crippen MR) is 61.5 cm³/mol. The van der Waals surface area contributed by atoms with Crippen molar-refractivity contribution in [3.63, 3.8) is 0 Å².